The van der Waals surface area contributed by atoms with Gasteiger partial charge in [0.05, 0.1) is 0 Å². The molecular formula is C12H10BrFOS. The topological polar surface area (TPSA) is 20.2 Å². The van der Waals surface area contributed by atoms with Gasteiger partial charge in [0.2, 0.25) is 0 Å². The number of rotatable bonds is 2. The zero-order chi connectivity index (χ0) is 11.7. The van der Waals surface area contributed by atoms with Crippen LogP contribution < -0.4 is 0 Å². The number of benzene rings is 1. The SMILES string of the molecule is Cc1sccc1C(O)c1ccc(Br)cc1F. The van der Waals surface area contributed by atoms with Crippen molar-refractivity contribution >= 4 is 27.3 Å². The van der Waals surface area contributed by atoms with Crippen LogP contribution in [0.4, 0.5) is 4.39 Å². The van der Waals surface area contributed by atoms with Gasteiger partial charge < -0.3 is 5.11 Å². The maximum absolute atomic E-state index is 13.6. The predicted molar refractivity (Wildman–Crippen MR) is 67.2 cm³/mol. The Bertz CT molecular complexity index is 509. The van der Waals surface area contributed by atoms with Crippen LogP contribution in [0.3, 0.4) is 0 Å². The van der Waals surface area contributed by atoms with Crippen molar-refractivity contribution in [1.82, 2.24) is 0 Å². The van der Waals surface area contributed by atoms with E-state index in [-0.39, 0.29) is 0 Å². The maximum Gasteiger partial charge on any atom is 0.130 e. The van der Waals surface area contributed by atoms with Crippen molar-refractivity contribution in [3.63, 3.8) is 0 Å². The van der Waals surface area contributed by atoms with Crippen LogP contribution in [-0.2, 0) is 0 Å². The molecule has 0 amide bonds. The molecule has 84 valence electrons. The number of hydrogen-bond donors (Lipinski definition) is 1. The van der Waals surface area contributed by atoms with Gasteiger partial charge >= 0.3 is 0 Å². The average molecular weight is 301 g/mol. The van der Waals surface area contributed by atoms with Gasteiger partial charge in [-0.15, -0.1) is 11.3 Å². The van der Waals surface area contributed by atoms with Crippen LogP contribution in [0.15, 0.2) is 34.1 Å². The lowest BCUT2D eigenvalue weighted by Gasteiger charge is -2.12. The molecular weight excluding hydrogens is 291 g/mol. The predicted octanol–water partition coefficient (Wildman–Crippen LogP) is 4.04. The first kappa shape index (κ1) is 11.8. The third kappa shape index (κ3) is 2.19. The molecule has 16 heavy (non-hydrogen) atoms. The highest BCUT2D eigenvalue weighted by molar-refractivity contribution is 9.10. The van der Waals surface area contributed by atoms with Crippen LogP contribution in [0.25, 0.3) is 0 Å². The number of thiophene rings is 1. The molecule has 0 aliphatic carbocycles. The first-order chi connectivity index (χ1) is 7.59. The first-order valence-electron chi connectivity index (χ1n) is 4.76. The summed E-state index contributed by atoms with van der Waals surface area (Å²) in [6.45, 7) is 1.92. The van der Waals surface area contributed by atoms with Gasteiger partial charge in [-0.2, -0.15) is 0 Å². The molecule has 0 saturated carbocycles. The minimum atomic E-state index is -0.889. The van der Waals surface area contributed by atoms with E-state index in [4.69, 9.17) is 0 Å². The molecule has 0 spiro atoms. The Morgan fingerprint density at radius 2 is 2.06 bits per heavy atom. The first-order valence-corrected chi connectivity index (χ1v) is 6.44. The second kappa shape index (κ2) is 4.65. The minimum Gasteiger partial charge on any atom is -0.384 e. The standard InChI is InChI=1S/C12H10BrFOS/c1-7-9(4-5-16-7)12(15)10-3-2-8(13)6-11(10)14/h2-6,12,15H,1H3. The summed E-state index contributed by atoms with van der Waals surface area (Å²) in [5.41, 5.74) is 1.08. The molecule has 2 rings (SSSR count). The summed E-state index contributed by atoms with van der Waals surface area (Å²) in [6.07, 6.45) is -0.889. The molecule has 1 heterocycles. The molecule has 1 atom stereocenters. The second-order valence-corrected chi connectivity index (χ2v) is 5.54. The lowest BCUT2D eigenvalue weighted by atomic mass is 10.0. The van der Waals surface area contributed by atoms with E-state index in [2.05, 4.69) is 15.9 Å². The fourth-order valence-electron chi connectivity index (χ4n) is 1.57. The summed E-state index contributed by atoms with van der Waals surface area (Å²) >= 11 is 4.73. The lowest BCUT2D eigenvalue weighted by molar-refractivity contribution is 0.215. The van der Waals surface area contributed by atoms with Crippen LogP contribution in [0, 0.1) is 12.7 Å². The fraction of sp³-hybridized carbons (Fsp3) is 0.167. The lowest BCUT2D eigenvalue weighted by Crippen LogP contribution is -2.02. The summed E-state index contributed by atoms with van der Waals surface area (Å²) < 4.78 is 14.3. The van der Waals surface area contributed by atoms with Gasteiger partial charge in [0.1, 0.15) is 11.9 Å². The van der Waals surface area contributed by atoms with Crippen LogP contribution in [0.5, 0.6) is 0 Å². The van der Waals surface area contributed by atoms with Gasteiger partial charge in [-0.25, -0.2) is 4.39 Å². The van der Waals surface area contributed by atoms with Gasteiger partial charge in [-0.3, -0.25) is 0 Å². The highest BCUT2D eigenvalue weighted by atomic mass is 79.9. The van der Waals surface area contributed by atoms with Crippen molar-refractivity contribution in [2.24, 2.45) is 0 Å². The van der Waals surface area contributed by atoms with E-state index in [1.54, 1.807) is 23.5 Å². The van der Waals surface area contributed by atoms with E-state index in [0.29, 0.717) is 10.0 Å². The number of aliphatic hydroxyl groups excluding tert-OH is 1. The highest BCUT2D eigenvalue weighted by Gasteiger charge is 2.17. The number of aliphatic hydroxyl groups is 1. The zero-order valence-corrected chi connectivity index (χ0v) is 11.0. The quantitative estimate of drug-likeness (QED) is 0.887. The maximum atomic E-state index is 13.6. The van der Waals surface area contributed by atoms with Crippen LogP contribution >= 0.6 is 27.3 Å². The van der Waals surface area contributed by atoms with Crippen molar-refractivity contribution in [3.8, 4) is 0 Å². The molecule has 4 heteroatoms. The molecule has 0 radical (unpaired) electrons. The molecule has 0 saturated heterocycles. The van der Waals surface area contributed by atoms with E-state index in [1.807, 2.05) is 18.4 Å². The molecule has 2 aromatic rings. The molecule has 1 aromatic carbocycles. The zero-order valence-electron chi connectivity index (χ0n) is 8.58. The Morgan fingerprint density at radius 1 is 1.31 bits per heavy atom. The molecule has 0 aliphatic heterocycles. The summed E-state index contributed by atoms with van der Waals surface area (Å²) in [4.78, 5) is 1.01. The van der Waals surface area contributed by atoms with Crippen molar-refractivity contribution in [2.45, 2.75) is 13.0 Å². The molecule has 1 nitrogen and oxygen atoms in total. The van der Waals surface area contributed by atoms with E-state index in [1.165, 1.54) is 6.07 Å². The van der Waals surface area contributed by atoms with Crippen LogP contribution in [0.1, 0.15) is 22.1 Å². The third-order valence-electron chi connectivity index (χ3n) is 2.45. The number of hydrogen-bond acceptors (Lipinski definition) is 2. The average Bonchev–Trinajstić information content (AvgIpc) is 2.63. The van der Waals surface area contributed by atoms with Gasteiger partial charge in [-0.05, 0) is 36.1 Å². The van der Waals surface area contributed by atoms with Crippen LogP contribution in [-0.4, -0.2) is 5.11 Å². The molecule has 1 unspecified atom stereocenters. The Labute approximate surface area is 106 Å². The number of halogens is 2. The molecule has 0 aliphatic rings. The van der Waals surface area contributed by atoms with Gasteiger partial charge in [-0.1, -0.05) is 22.0 Å². The summed E-state index contributed by atoms with van der Waals surface area (Å²) in [5.74, 6) is -0.396. The van der Waals surface area contributed by atoms with Crippen molar-refractivity contribution < 1.29 is 9.50 Å². The highest BCUT2D eigenvalue weighted by Crippen LogP contribution is 2.30. The third-order valence-corrected chi connectivity index (χ3v) is 3.81. The summed E-state index contributed by atoms with van der Waals surface area (Å²) in [5, 5.41) is 12.0. The van der Waals surface area contributed by atoms with E-state index < -0.39 is 11.9 Å². The Hall–Kier alpha value is -0.710. The van der Waals surface area contributed by atoms with Crippen molar-refractivity contribution in [1.29, 1.82) is 0 Å². The fourth-order valence-corrected chi connectivity index (χ4v) is 2.64. The number of aryl methyl sites for hydroxylation is 1. The van der Waals surface area contributed by atoms with E-state index in [0.717, 1.165) is 10.4 Å². The second-order valence-electron chi connectivity index (χ2n) is 3.50. The monoisotopic (exact) mass is 300 g/mol. The molecule has 1 N–H and O–H groups in total. The summed E-state index contributed by atoms with van der Waals surface area (Å²) in [7, 11) is 0. The molecule has 0 bridgehead atoms. The smallest absolute Gasteiger partial charge is 0.130 e. The summed E-state index contributed by atoms with van der Waals surface area (Å²) in [6, 6.07) is 6.51. The van der Waals surface area contributed by atoms with E-state index in [9.17, 15) is 9.50 Å². The molecule has 0 fully saturated rings. The van der Waals surface area contributed by atoms with Crippen LogP contribution in [0.2, 0.25) is 0 Å². The van der Waals surface area contributed by atoms with E-state index >= 15 is 0 Å². The Balaban J connectivity index is 2.41. The largest absolute Gasteiger partial charge is 0.384 e. The molecule has 1 aromatic heterocycles. The van der Waals surface area contributed by atoms with Crippen molar-refractivity contribution in [2.75, 3.05) is 0 Å². The van der Waals surface area contributed by atoms with Crippen molar-refractivity contribution in [3.05, 3.63) is 55.9 Å². The Kier molecular flexibility index (Phi) is 3.42. The van der Waals surface area contributed by atoms with Gasteiger partial charge in [0.25, 0.3) is 0 Å². The van der Waals surface area contributed by atoms with Gasteiger partial charge in [0, 0.05) is 14.9 Å². The Morgan fingerprint density at radius 3 is 2.62 bits per heavy atom. The minimum absolute atomic E-state index is 0.310. The normalized spacial score (nSPS) is 12.8. The van der Waals surface area contributed by atoms with Gasteiger partial charge in [0.15, 0.2) is 0 Å².